The Labute approximate surface area is 179 Å². The Hall–Kier alpha value is -3.45. The van der Waals surface area contributed by atoms with Gasteiger partial charge in [-0.05, 0) is 25.1 Å². The maximum atomic E-state index is 10.7. The number of aliphatic imine (C=N–C) groups is 1. The SMILES string of the molecule is C#[N+]c1c(C(N)=NC)cc(C)n1[C@@H]1O[C@H](COc2ccc3cccnc3c2)[C@@H](O)[C@H]1O. The van der Waals surface area contributed by atoms with Gasteiger partial charge in [-0.25, -0.2) is 0 Å². The van der Waals surface area contributed by atoms with Crippen molar-refractivity contribution in [2.24, 2.45) is 10.7 Å². The van der Waals surface area contributed by atoms with Gasteiger partial charge in [-0.3, -0.25) is 9.98 Å². The second-order valence-corrected chi connectivity index (χ2v) is 7.35. The van der Waals surface area contributed by atoms with Crippen molar-refractivity contribution in [3.63, 3.8) is 0 Å². The van der Waals surface area contributed by atoms with Crippen LogP contribution in [0.3, 0.4) is 0 Å². The van der Waals surface area contributed by atoms with E-state index in [9.17, 15) is 10.2 Å². The number of ether oxygens (including phenoxy) is 2. The van der Waals surface area contributed by atoms with Gasteiger partial charge in [0.05, 0.1) is 5.52 Å². The number of fused-ring (bicyclic) bond motifs is 1. The fraction of sp³-hybridized carbons (Fsp3) is 0.318. The predicted molar refractivity (Wildman–Crippen MR) is 117 cm³/mol. The molecule has 9 nitrogen and oxygen atoms in total. The quantitative estimate of drug-likeness (QED) is 0.427. The standard InChI is InChI=1S/C22H24N5O4/c1-12-9-15(20(23)24-2)21(25-3)27(12)22-19(29)18(28)17(31-22)11-30-14-7-6-13-5-4-8-26-16(13)10-14/h3-10,17-19,22,28-29H,11H2,1-2H3,(H2,23,24)/q+1/t17-,18-,19-,22-/m1/s1. The summed E-state index contributed by atoms with van der Waals surface area (Å²) in [6, 6.07) is 11.1. The minimum Gasteiger partial charge on any atom is -0.491 e. The van der Waals surface area contributed by atoms with Crippen LogP contribution in [0.25, 0.3) is 15.7 Å². The summed E-state index contributed by atoms with van der Waals surface area (Å²) in [5.74, 6) is 1.15. The first-order chi connectivity index (χ1) is 14.9. The van der Waals surface area contributed by atoms with E-state index in [0.717, 1.165) is 10.9 Å². The molecule has 4 N–H and O–H groups in total. The zero-order valence-electron chi connectivity index (χ0n) is 17.2. The maximum absolute atomic E-state index is 10.7. The Morgan fingerprint density at radius 2 is 2.13 bits per heavy atom. The Kier molecular flexibility index (Phi) is 5.61. The highest BCUT2D eigenvalue weighted by atomic mass is 16.6. The van der Waals surface area contributed by atoms with Crippen molar-refractivity contribution in [2.75, 3.05) is 13.7 Å². The normalized spacial score (nSPS) is 23.8. The summed E-state index contributed by atoms with van der Waals surface area (Å²) in [4.78, 5) is 12.1. The van der Waals surface area contributed by atoms with E-state index in [4.69, 9.17) is 21.8 Å². The van der Waals surface area contributed by atoms with Crippen LogP contribution in [0.5, 0.6) is 5.75 Å². The molecule has 0 spiro atoms. The average molecular weight is 422 g/mol. The molecule has 4 atom stereocenters. The number of nitrogens with two attached hydrogens (primary N) is 1. The molecule has 4 rings (SSSR count). The molecule has 1 saturated heterocycles. The van der Waals surface area contributed by atoms with E-state index in [1.807, 2.05) is 30.3 Å². The lowest BCUT2D eigenvalue weighted by Gasteiger charge is -2.15. The number of hydrogen-bond acceptors (Lipinski definition) is 6. The summed E-state index contributed by atoms with van der Waals surface area (Å²) < 4.78 is 13.4. The van der Waals surface area contributed by atoms with Gasteiger partial charge in [0.25, 0.3) is 0 Å². The molecule has 0 unspecified atom stereocenters. The summed E-state index contributed by atoms with van der Waals surface area (Å²) in [6.07, 6.45) is -2.36. The molecule has 0 bridgehead atoms. The molecule has 3 aromatic rings. The Morgan fingerprint density at radius 3 is 2.87 bits per heavy atom. The fourth-order valence-corrected chi connectivity index (χ4v) is 3.80. The van der Waals surface area contributed by atoms with Crippen molar-refractivity contribution >= 4 is 22.6 Å². The van der Waals surface area contributed by atoms with Crippen LogP contribution in [0.2, 0.25) is 0 Å². The number of aromatic nitrogens is 2. The van der Waals surface area contributed by atoms with E-state index < -0.39 is 24.5 Å². The molecule has 1 aliphatic rings. The van der Waals surface area contributed by atoms with Gasteiger partial charge in [0, 0.05) is 30.8 Å². The largest absolute Gasteiger partial charge is 0.491 e. The predicted octanol–water partition coefficient (Wildman–Crippen LogP) is 1.97. The number of aliphatic hydroxyl groups is 2. The van der Waals surface area contributed by atoms with Crippen LogP contribution in [0, 0.1) is 13.5 Å². The highest BCUT2D eigenvalue weighted by Gasteiger charge is 2.49. The van der Waals surface area contributed by atoms with Crippen molar-refractivity contribution in [3.8, 4) is 12.3 Å². The summed E-state index contributed by atoms with van der Waals surface area (Å²) >= 11 is 0. The molecule has 0 amide bonds. The smallest absolute Gasteiger partial charge is 0.398 e. The number of aliphatic hydroxyl groups excluding tert-OH is 2. The minimum atomic E-state index is -1.22. The zero-order valence-corrected chi connectivity index (χ0v) is 17.2. The van der Waals surface area contributed by atoms with Crippen molar-refractivity contribution in [1.82, 2.24) is 9.55 Å². The summed E-state index contributed by atoms with van der Waals surface area (Å²) in [6.45, 7) is 7.42. The topological polar surface area (TPSA) is 119 Å². The Bertz CT molecular complexity index is 1180. The average Bonchev–Trinajstić information content (AvgIpc) is 3.27. The van der Waals surface area contributed by atoms with E-state index in [1.54, 1.807) is 30.8 Å². The summed E-state index contributed by atoms with van der Waals surface area (Å²) in [5, 5.41) is 22.2. The number of rotatable bonds is 5. The molecule has 0 saturated carbocycles. The first kappa shape index (κ1) is 20.8. The van der Waals surface area contributed by atoms with E-state index in [1.165, 1.54) is 0 Å². The Morgan fingerprint density at radius 1 is 1.32 bits per heavy atom. The molecule has 0 aliphatic carbocycles. The molecule has 1 fully saturated rings. The first-order valence-corrected chi connectivity index (χ1v) is 9.79. The molecule has 1 aliphatic heterocycles. The van der Waals surface area contributed by atoms with E-state index in [2.05, 4.69) is 14.8 Å². The van der Waals surface area contributed by atoms with Crippen molar-refractivity contribution in [3.05, 3.63) is 58.7 Å². The van der Waals surface area contributed by atoms with Crippen LogP contribution in [-0.2, 0) is 4.74 Å². The molecule has 9 heteroatoms. The number of pyridine rings is 1. The van der Waals surface area contributed by atoms with Crippen molar-refractivity contribution < 1.29 is 19.7 Å². The van der Waals surface area contributed by atoms with Crippen LogP contribution < -0.4 is 10.5 Å². The lowest BCUT2D eigenvalue weighted by Crippen LogP contribution is -2.34. The van der Waals surface area contributed by atoms with Gasteiger partial charge in [0.1, 0.15) is 54.3 Å². The van der Waals surface area contributed by atoms with Crippen LogP contribution >= 0.6 is 0 Å². The van der Waals surface area contributed by atoms with E-state index in [0.29, 0.717) is 22.8 Å². The van der Waals surface area contributed by atoms with Gasteiger partial charge in [-0.1, -0.05) is 6.07 Å². The molecule has 1 aromatic carbocycles. The van der Waals surface area contributed by atoms with E-state index >= 15 is 0 Å². The second kappa shape index (κ2) is 8.35. The molecule has 160 valence electrons. The van der Waals surface area contributed by atoms with Crippen LogP contribution in [0.4, 0.5) is 5.82 Å². The number of aryl methyl sites for hydroxylation is 1. The van der Waals surface area contributed by atoms with Gasteiger partial charge >= 0.3 is 5.82 Å². The van der Waals surface area contributed by atoms with Crippen LogP contribution in [0.1, 0.15) is 17.5 Å². The maximum Gasteiger partial charge on any atom is 0.398 e. The highest BCUT2D eigenvalue weighted by Crippen LogP contribution is 2.37. The van der Waals surface area contributed by atoms with Gasteiger partial charge < -0.3 is 25.4 Å². The van der Waals surface area contributed by atoms with Gasteiger partial charge in [0.15, 0.2) is 0 Å². The Balaban J connectivity index is 1.54. The van der Waals surface area contributed by atoms with Crippen molar-refractivity contribution in [2.45, 2.75) is 31.5 Å². The zero-order chi connectivity index (χ0) is 22.1. The molecule has 2 aromatic heterocycles. The second-order valence-electron chi connectivity index (χ2n) is 7.35. The summed E-state index contributed by atoms with van der Waals surface area (Å²) in [5.41, 5.74) is 7.96. The van der Waals surface area contributed by atoms with Gasteiger partial charge in [-0.2, -0.15) is 9.41 Å². The lowest BCUT2D eigenvalue weighted by atomic mass is 10.1. The van der Waals surface area contributed by atoms with Gasteiger partial charge in [-0.15, -0.1) is 0 Å². The third-order valence-corrected chi connectivity index (χ3v) is 5.42. The third-order valence-electron chi connectivity index (χ3n) is 5.42. The summed E-state index contributed by atoms with van der Waals surface area (Å²) in [7, 11) is 1.56. The molecular formula is C22H24N5O4+. The number of amidine groups is 1. The highest BCUT2D eigenvalue weighted by molar-refractivity contribution is 6.02. The molecule has 31 heavy (non-hydrogen) atoms. The van der Waals surface area contributed by atoms with Gasteiger partial charge in [0.2, 0.25) is 6.23 Å². The first-order valence-electron chi connectivity index (χ1n) is 9.79. The fourth-order valence-electron chi connectivity index (χ4n) is 3.80. The minimum absolute atomic E-state index is 0.0356. The molecule has 0 radical (unpaired) electrons. The molecular weight excluding hydrogens is 398 g/mol. The monoisotopic (exact) mass is 422 g/mol. The van der Waals surface area contributed by atoms with Crippen molar-refractivity contribution in [1.29, 1.82) is 0 Å². The third kappa shape index (κ3) is 3.72. The van der Waals surface area contributed by atoms with Crippen LogP contribution in [0.15, 0.2) is 47.6 Å². The number of hydrogen-bond donors (Lipinski definition) is 3. The number of benzene rings is 1. The van der Waals surface area contributed by atoms with Crippen LogP contribution in [-0.4, -0.2) is 57.6 Å². The lowest BCUT2D eigenvalue weighted by molar-refractivity contribution is -0.0486. The number of nitrogens with zero attached hydrogens (tertiary/aromatic N) is 4. The van der Waals surface area contributed by atoms with E-state index in [-0.39, 0.29) is 12.4 Å². The molecule has 3 heterocycles.